The molecule has 146 valence electrons. The quantitative estimate of drug-likeness (QED) is 0.454. The van der Waals surface area contributed by atoms with Gasteiger partial charge in [-0.05, 0) is 36.0 Å². The van der Waals surface area contributed by atoms with Crippen LogP contribution in [0.2, 0.25) is 0 Å². The van der Waals surface area contributed by atoms with Gasteiger partial charge in [0.25, 0.3) is 0 Å². The number of imidazole rings is 1. The van der Waals surface area contributed by atoms with Crippen LogP contribution in [-0.4, -0.2) is 35.1 Å². The van der Waals surface area contributed by atoms with Crippen LogP contribution in [0.1, 0.15) is 25.1 Å². The number of nitrogens with zero attached hydrogens (tertiary/aromatic N) is 6. The van der Waals surface area contributed by atoms with E-state index in [-0.39, 0.29) is 11.8 Å². The zero-order valence-corrected chi connectivity index (χ0v) is 15.6. The van der Waals surface area contributed by atoms with E-state index in [4.69, 9.17) is 9.47 Å². The summed E-state index contributed by atoms with van der Waals surface area (Å²) in [4.78, 5) is 14.1. The average molecular weight is 384 g/mol. The number of hydrogen-bond acceptors (Lipinski definition) is 7. The summed E-state index contributed by atoms with van der Waals surface area (Å²) in [5, 5.41) is 19.1. The van der Waals surface area contributed by atoms with Crippen LogP contribution in [0.25, 0.3) is 0 Å². The van der Waals surface area contributed by atoms with Gasteiger partial charge < -0.3 is 19.6 Å². The van der Waals surface area contributed by atoms with Gasteiger partial charge in [-0.1, -0.05) is 24.3 Å². The Morgan fingerprint density at radius 2 is 2.11 bits per heavy atom. The maximum Gasteiger partial charge on any atom is 0.415 e. The van der Waals surface area contributed by atoms with Crippen molar-refractivity contribution in [3.63, 3.8) is 0 Å². The summed E-state index contributed by atoms with van der Waals surface area (Å²) in [6, 6.07) is 8.21. The highest BCUT2D eigenvalue weighted by Gasteiger charge is 2.40. The number of rotatable bonds is 7. The van der Waals surface area contributed by atoms with E-state index in [0.29, 0.717) is 25.4 Å². The largest absolute Gasteiger partial charge is 0.487 e. The molecular formula is C18H20N6O4. The molecule has 28 heavy (non-hydrogen) atoms. The van der Waals surface area contributed by atoms with Crippen LogP contribution in [0.3, 0.4) is 0 Å². The molecule has 0 amide bonds. The van der Waals surface area contributed by atoms with E-state index in [0.717, 1.165) is 12.2 Å². The van der Waals surface area contributed by atoms with Gasteiger partial charge >= 0.3 is 11.8 Å². The van der Waals surface area contributed by atoms with Gasteiger partial charge in [-0.15, -0.1) is 5.10 Å². The summed E-state index contributed by atoms with van der Waals surface area (Å²) in [5.74, 6) is 0.564. The molecule has 1 aliphatic heterocycles. The first-order chi connectivity index (χ1) is 13.4. The molecular weight excluding hydrogens is 364 g/mol. The maximum absolute atomic E-state index is 10.8. The average Bonchev–Trinajstić information content (AvgIpc) is 3.34. The number of benzene rings is 1. The van der Waals surface area contributed by atoms with Crippen molar-refractivity contribution in [2.45, 2.75) is 45.6 Å². The molecule has 1 atom stereocenters. The minimum atomic E-state index is -0.612. The first-order valence-corrected chi connectivity index (χ1v) is 8.95. The molecule has 10 heteroatoms. The Morgan fingerprint density at radius 3 is 2.79 bits per heavy atom. The SMILES string of the molecule is CCc1ccc(OCc2cn(C[C@@]3(C)Cn4cc([N+](=O)[O-])nc4O3)nn2)cc1. The zero-order valence-electron chi connectivity index (χ0n) is 15.6. The summed E-state index contributed by atoms with van der Waals surface area (Å²) < 4.78 is 14.9. The van der Waals surface area contributed by atoms with Crippen LogP contribution in [0, 0.1) is 10.1 Å². The molecule has 0 fully saturated rings. The highest BCUT2D eigenvalue weighted by molar-refractivity contribution is 5.27. The van der Waals surface area contributed by atoms with E-state index in [1.165, 1.54) is 11.8 Å². The van der Waals surface area contributed by atoms with Gasteiger partial charge in [-0.2, -0.15) is 0 Å². The van der Waals surface area contributed by atoms with Gasteiger partial charge in [0, 0.05) is 4.98 Å². The highest BCUT2D eigenvalue weighted by Crippen LogP contribution is 2.31. The molecule has 0 aliphatic carbocycles. The molecule has 1 aromatic carbocycles. The minimum absolute atomic E-state index is 0.218. The molecule has 1 aliphatic rings. The fraction of sp³-hybridized carbons (Fsp3) is 0.389. The summed E-state index contributed by atoms with van der Waals surface area (Å²) in [5.41, 5.74) is 1.35. The van der Waals surface area contributed by atoms with Gasteiger partial charge in [0.05, 0.1) is 19.3 Å². The first kappa shape index (κ1) is 18.0. The number of nitro groups is 1. The van der Waals surface area contributed by atoms with Crippen molar-refractivity contribution >= 4 is 5.82 Å². The number of aryl methyl sites for hydroxylation is 1. The smallest absolute Gasteiger partial charge is 0.415 e. The van der Waals surface area contributed by atoms with Crippen LogP contribution in [-0.2, 0) is 26.1 Å². The molecule has 0 saturated carbocycles. The highest BCUT2D eigenvalue weighted by atomic mass is 16.6. The fourth-order valence-electron chi connectivity index (χ4n) is 3.17. The molecule has 0 saturated heterocycles. The van der Waals surface area contributed by atoms with E-state index >= 15 is 0 Å². The summed E-state index contributed by atoms with van der Waals surface area (Å²) in [6.45, 7) is 5.20. The third-order valence-electron chi connectivity index (χ3n) is 4.56. The van der Waals surface area contributed by atoms with Crippen LogP contribution < -0.4 is 9.47 Å². The Morgan fingerprint density at radius 1 is 1.32 bits per heavy atom. The second kappa shape index (κ2) is 6.95. The molecule has 0 N–H and O–H groups in total. The number of ether oxygens (including phenoxy) is 2. The Labute approximate surface area is 160 Å². The van der Waals surface area contributed by atoms with Crippen molar-refractivity contribution in [3.8, 4) is 11.8 Å². The van der Waals surface area contributed by atoms with Gasteiger partial charge in [-0.25, -0.2) is 4.68 Å². The molecule has 3 aromatic rings. The molecule has 4 rings (SSSR count). The van der Waals surface area contributed by atoms with Crippen LogP contribution in [0.15, 0.2) is 36.7 Å². The van der Waals surface area contributed by atoms with E-state index in [1.54, 1.807) is 15.4 Å². The Bertz CT molecular complexity index is 970. The number of fused-ring (bicyclic) bond motifs is 1. The monoisotopic (exact) mass is 384 g/mol. The van der Waals surface area contributed by atoms with E-state index < -0.39 is 10.5 Å². The van der Waals surface area contributed by atoms with Crippen LogP contribution >= 0.6 is 0 Å². The lowest BCUT2D eigenvalue weighted by atomic mass is 10.1. The fourth-order valence-corrected chi connectivity index (χ4v) is 3.17. The lowest BCUT2D eigenvalue weighted by molar-refractivity contribution is -0.389. The van der Waals surface area contributed by atoms with Gasteiger partial charge in [0.15, 0.2) is 0 Å². The number of aromatic nitrogens is 5. The van der Waals surface area contributed by atoms with Crippen molar-refractivity contribution in [1.29, 1.82) is 0 Å². The second-order valence-electron chi connectivity index (χ2n) is 7.01. The predicted molar refractivity (Wildman–Crippen MR) is 98.1 cm³/mol. The van der Waals surface area contributed by atoms with Crippen LogP contribution in [0.5, 0.6) is 11.8 Å². The van der Waals surface area contributed by atoms with E-state index in [2.05, 4.69) is 22.2 Å². The zero-order chi connectivity index (χ0) is 19.7. The minimum Gasteiger partial charge on any atom is -0.487 e. The molecule has 0 unspecified atom stereocenters. The third kappa shape index (κ3) is 3.66. The van der Waals surface area contributed by atoms with Crippen molar-refractivity contribution in [2.75, 3.05) is 0 Å². The summed E-state index contributed by atoms with van der Waals surface area (Å²) in [6.07, 6.45) is 4.17. The lowest BCUT2D eigenvalue weighted by Crippen LogP contribution is -2.36. The summed E-state index contributed by atoms with van der Waals surface area (Å²) >= 11 is 0. The van der Waals surface area contributed by atoms with Crippen molar-refractivity contribution in [3.05, 3.63) is 58.0 Å². The molecule has 10 nitrogen and oxygen atoms in total. The molecule has 0 radical (unpaired) electrons. The summed E-state index contributed by atoms with van der Waals surface area (Å²) in [7, 11) is 0. The van der Waals surface area contributed by atoms with E-state index in [9.17, 15) is 10.1 Å². The Hall–Kier alpha value is -3.43. The molecule has 0 spiro atoms. The maximum atomic E-state index is 10.8. The second-order valence-corrected chi connectivity index (χ2v) is 7.01. The Kier molecular flexibility index (Phi) is 4.46. The predicted octanol–water partition coefficient (Wildman–Crippen LogP) is 2.38. The number of hydrogen-bond donors (Lipinski definition) is 0. The van der Waals surface area contributed by atoms with Crippen LogP contribution in [0.4, 0.5) is 5.82 Å². The van der Waals surface area contributed by atoms with Gasteiger partial charge in [0.2, 0.25) is 0 Å². The molecule has 3 heterocycles. The normalized spacial score (nSPS) is 17.9. The van der Waals surface area contributed by atoms with Gasteiger partial charge in [-0.3, -0.25) is 4.57 Å². The van der Waals surface area contributed by atoms with Gasteiger partial charge in [0.1, 0.15) is 29.8 Å². The lowest BCUT2D eigenvalue weighted by Gasteiger charge is -2.21. The standard InChI is InChI=1S/C18H20N6O4/c1-3-13-4-6-15(7-5-13)27-10-14-8-23(21-20-14)12-18(2)11-22-9-16(24(25)26)19-17(22)28-18/h4-9H,3,10-12H2,1-2H3/t18-/m1/s1. The van der Waals surface area contributed by atoms with E-state index in [1.807, 2.05) is 31.2 Å². The van der Waals surface area contributed by atoms with Crippen molar-refractivity contribution < 1.29 is 14.4 Å². The topological polar surface area (TPSA) is 110 Å². The first-order valence-electron chi connectivity index (χ1n) is 8.95. The Balaban J connectivity index is 1.35. The van der Waals surface area contributed by atoms with Crippen molar-refractivity contribution in [2.24, 2.45) is 0 Å². The molecule has 0 bridgehead atoms. The van der Waals surface area contributed by atoms with Crippen molar-refractivity contribution in [1.82, 2.24) is 24.5 Å². The molecule has 2 aromatic heterocycles. The third-order valence-corrected chi connectivity index (χ3v) is 4.56.